The van der Waals surface area contributed by atoms with Crippen molar-refractivity contribution >= 4 is 41.0 Å². The van der Waals surface area contributed by atoms with Gasteiger partial charge in [0.2, 0.25) is 11.8 Å². The van der Waals surface area contributed by atoms with Crippen molar-refractivity contribution in [3.63, 3.8) is 0 Å². The highest BCUT2D eigenvalue weighted by Gasteiger charge is 2.35. The summed E-state index contributed by atoms with van der Waals surface area (Å²) in [7, 11) is 0. The first-order valence-corrected chi connectivity index (χ1v) is 11.1. The Morgan fingerprint density at radius 2 is 1.73 bits per heavy atom. The van der Waals surface area contributed by atoms with E-state index >= 15 is 0 Å². The smallest absolute Gasteiger partial charge is 0.323 e. The highest BCUT2D eigenvalue weighted by Crippen LogP contribution is 2.43. The molecule has 0 spiro atoms. The van der Waals surface area contributed by atoms with Crippen LogP contribution in [0.3, 0.4) is 0 Å². The van der Waals surface area contributed by atoms with Gasteiger partial charge in [-0.2, -0.15) is 13.2 Å². The molecule has 1 saturated heterocycles. The number of thioether (sulfide) groups is 1. The van der Waals surface area contributed by atoms with E-state index in [1.165, 1.54) is 34.9 Å². The molecule has 3 aromatic rings. The normalized spacial score (nSPS) is 16.4. The number of benzene rings is 3. The van der Waals surface area contributed by atoms with Gasteiger partial charge < -0.3 is 5.32 Å². The van der Waals surface area contributed by atoms with E-state index in [2.05, 4.69) is 5.32 Å². The summed E-state index contributed by atoms with van der Waals surface area (Å²) >= 11 is 1.38. The molecule has 3 aromatic carbocycles. The first-order chi connectivity index (χ1) is 15.8. The predicted octanol–water partition coefficient (Wildman–Crippen LogP) is 6.14. The van der Waals surface area contributed by atoms with Gasteiger partial charge in [-0.25, -0.2) is 0 Å². The third-order valence-electron chi connectivity index (χ3n) is 5.01. The van der Waals surface area contributed by atoms with Gasteiger partial charge in [0.15, 0.2) is 0 Å². The largest absolute Gasteiger partial charge is 0.416 e. The van der Waals surface area contributed by atoms with Crippen molar-refractivity contribution in [3.05, 3.63) is 102 Å². The maximum atomic E-state index is 12.9. The molecule has 1 aliphatic heterocycles. The second-order valence-electron chi connectivity index (χ2n) is 7.33. The van der Waals surface area contributed by atoms with Gasteiger partial charge in [0.25, 0.3) is 0 Å². The zero-order valence-corrected chi connectivity index (χ0v) is 18.1. The molecule has 1 fully saturated rings. The van der Waals surface area contributed by atoms with Crippen LogP contribution in [0.15, 0.2) is 84.9 Å². The average molecular weight is 469 g/mol. The van der Waals surface area contributed by atoms with Crippen molar-refractivity contribution < 1.29 is 22.8 Å². The van der Waals surface area contributed by atoms with Crippen molar-refractivity contribution in [3.8, 4) is 0 Å². The number of alkyl halides is 3. The van der Waals surface area contributed by atoms with E-state index in [9.17, 15) is 22.8 Å². The van der Waals surface area contributed by atoms with Crippen LogP contribution in [0.2, 0.25) is 0 Å². The van der Waals surface area contributed by atoms with Crippen LogP contribution in [0.1, 0.15) is 22.1 Å². The molecule has 0 saturated carbocycles. The molecule has 1 N–H and O–H groups in total. The molecular weight excluding hydrogens is 449 g/mol. The van der Waals surface area contributed by atoms with E-state index in [0.717, 1.165) is 23.3 Å². The minimum atomic E-state index is -4.44. The first-order valence-electron chi connectivity index (χ1n) is 10.1. The second kappa shape index (κ2) is 9.54. The highest BCUT2D eigenvalue weighted by atomic mass is 32.2. The van der Waals surface area contributed by atoms with Gasteiger partial charge in [0.05, 0.1) is 11.3 Å². The van der Waals surface area contributed by atoms with Crippen LogP contribution in [0, 0.1) is 0 Å². The molecular formula is C25H19F3N2O2S. The molecule has 8 heteroatoms. The number of hydrogen-bond acceptors (Lipinski definition) is 3. The molecule has 1 aliphatic rings. The molecule has 0 aromatic heterocycles. The standard InChI is InChI=1S/C25H19F3N2O2S/c26-25(27,28)19-10-12-21(13-11-19)30-23(32)16-33-24(30)18-7-4-8-20(15-18)29-22(31)14-9-17-5-2-1-3-6-17/h1-15,24H,16H2,(H,29,31)/b14-9+/t24-/m1/s1. The molecule has 2 amide bonds. The van der Waals surface area contributed by atoms with Crippen molar-refractivity contribution in [1.29, 1.82) is 0 Å². The van der Waals surface area contributed by atoms with Gasteiger partial charge in [-0.3, -0.25) is 14.5 Å². The van der Waals surface area contributed by atoms with Crippen LogP contribution in [0.4, 0.5) is 24.5 Å². The third-order valence-corrected chi connectivity index (χ3v) is 6.22. The van der Waals surface area contributed by atoms with Crippen molar-refractivity contribution in [2.24, 2.45) is 0 Å². The van der Waals surface area contributed by atoms with E-state index in [-0.39, 0.29) is 17.6 Å². The van der Waals surface area contributed by atoms with Crippen LogP contribution in [0.5, 0.6) is 0 Å². The van der Waals surface area contributed by atoms with E-state index in [1.54, 1.807) is 24.3 Å². The number of carbonyl (C=O) groups excluding carboxylic acids is 2. The third kappa shape index (κ3) is 5.46. The Morgan fingerprint density at radius 1 is 1.00 bits per heavy atom. The maximum Gasteiger partial charge on any atom is 0.416 e. The number of anilines is 2. The minimum absolute atomic E-state index is 0.190. The van der Waals surface area contributed by atoms with Gasteiger partial charge in [-0.1, -0.05) is 42.5 Å². The van der Waals surface area contributed by atoms with E-state index in [0.29, 0.717) is 11.4 Å². The predicted molar refractivity (Wildman–Crippen MR) is 125 cm³/mol. The summed E-state index contributed by atoms with van der Waals surface area (Å²) in [6.07, 6.45) is -1.30. The Balaban J connectivity index is 1.51. The van der Waals surface area contributed by atoms with Crippen LogP contribution in [0.25, 0.3) is 6.08 Å². The number of nitrogens with zero attached hydrogens (tertiary/aromatic N) is 1. The van der Waals surface area contributed by atoms with Gasteiger partial charge in [0, 0.05) is 17.5 Å². The quantitative estimate of drug-likeness (QED) is 0.458. The van der Waals surface area contributed by atoms with Crippen molar-refractivity contribution in [2.75, 3.05) is 16.0 Å². The van der Waals surface area contributed by atoms with Crippen molar-refractivity contribution in [1.82, 2.24) is 0 Å². The zero-order chi connectivity index (χ0) is 23.4. The lowest BCUT2D eigenvalue weighted by Gasteiger charge is -2.25. The zero-order valence-electron chi connectivity index (χ0n) is 17.3. The van der Waals surface area contributed by atoms with E-state index < -0.39 is 17.1 Å². The lowest BCUT2D eigenvalue weighted by Crippen LogP contribution is -2.28. The van der Waals surface area contributed by atoms with Gasteiger partial charge in [-0.15, -0.1) is 11.8 Å². The lowest BCUT2D eigenvalue weighted by atomic mass is 10.1. The number of carbonyl (C=O) groups is 2. The molecule has 1 heterocycles. The molecule has 0 bridgehead atoms. The van der Waals surface area contributed by atoms with Crippen LogP contribution in [-0.4, -0.2) is 17.6 Å². The molecule has 0 unspecified atom stereocenters. The van der Waals surface area contributed by atoms with Crippen LogP contribution in [-0.2, 0) is 15.8 Å². The summed E-state index contributed by atoms with van der Waals surface area (Å²) in [5.74, 6) is -0.280. The van der Waals surface area contributed by atoms with E-state index in [1.807, 2.05) is 36.4 Å². The molecule has 33 heavy (non-hydrogen) atoms. The molecule has 0 radical (unpaired) electrons. The molecule has 4 rings (SSSR count). The number of rotatable bonds is 5. The summed E-state index contributed by atoms with van der Waals surface area (Å²) in [6, 6.07) is 21.1. The fraction of sp³-hybridized carbons (Fsp3) is 0.120. The minimum Gasteiger partial charge on any atom is -0.323 e. The summed E-state index contributed by atoms with van der Waals surface area (Å²) in [4.78, 5) is 26.3. The van der Waals surface area contributed by atoms with E-state index in [4.69, 9.17) is 0 Å². The summed E-state index contributed by atoms with van der Waals surface area (Å²) in [5.41, 5.74) is 1.84. The second-order valence-corrected chi connectivity index (χ2v) is 8.40. The Kier molecular flexibility index (Phi) is 6.55. The fourth-order valence-electron chi connectivity index (χ4n) is 3.45. The topological polar surface area (TPSA) is 49.4 Å². The highest BCUT2D eigenvalue weighted by molar-refractivity contribution is 8.00. The Hall–Kier alpha value is -3.52. The van der Waals surface area contributed by atoms with Crippen molar-refractivity contribution in [2.45, 2.75) is 11.6 Å². The number of nitrogens with one attached hydrogen (secondary N) is 1. The molecule has 4 nitrogen and oxygen atoms in total. The van der Waals surface area contributed by atoms with Crippen LogP contribution >= 0.6 is 11.8 Å². The van der Waals surface area contributed by atoms with Gasteiger partial charge in [0.1, 0.15) is 5.37 Å². The van der Waals surface area contributed by atoms with Gasteiger partial charge in [-0.05, 0) is 53.6 Å². The summed E-state index contributed by atoms with van der Waals surface area (Å²) in [5, 5.41) is 2.39. The lowest BCUT2D eigenvalue weighted by molar-refractivity contribution is -0.137. The van der Waals surface area contributed by atoms with Gasteiger partial charge >= 0.3 is 6.18 Å². The van der Waals surface area contributed by atoms with Crippen LogP contribution < -0.4 is 10.2 Å². The summed E-state index contributed by atoms with van der Waals surface area (Å²) < 4.78 is 38.7. The maximum absolute atomic E-state index is 12.9. The Bertz CT molecular complexity index is 1180. The average Bonchev–Trinajstić information content (AvgIpc) is 3.19. The fourth-order valence-corrected chi connectivity index (χ4v) is 4.62. The monoisotopic (exact) mass is 468 g/mol. The molecule has 0 aliphatic carbocycles. The Morgan fingerprint density at radius 3 is 2.42 bits per heavy atom. The SMILES string of the molecule is O=C(/C=C/c1ccccc1)Nc1cccc([C@H]2SCC(=O)N2c2ccc(C(F)(F)F)cc2)c1. The summed E-state index contributed by atoms with van der Waals surface area (Å²) in [6.45, 7) is 0. The molecule has 168 valence electrons. The first kappa shape index (κ1) is 22.7. The number of amides is 2. The molecule has 1 atom stereocenters. The number of hydrogen-bond donors (Lipinski definition) is 1. The number of halogens is 3. The Labute approximate surface area is 193 Å².